The van der Waals surface area contributed by atoms with E-state index in [0.29, 0.717) is 32.7 Å². The number of nitrogens with one attached hydrogen (secondary N) is 2. The fourth-order valence-electron chi connectivity index (χ4n) is 5.04. The van der Waals surface area contributed by atoms with E-state index in [2.05, 4.69) is 10.6 Å². The van der Waals surface area contributed by atoms with Gasteiger partial charge in [-0.1, -0.05) is 71.7 Å². The van der Waals surface area contributed by atoms with Gasteiger partial charge in [0.05, 0.1) is 30.0 Å². The van der Waals surface area contributed by atoms with Crippen molar-refractivity contribution in [1.82, 2.24) is 10.2 Å². The van der Waals surface area contributed by atoms with Crippen LogP contribution in [0.1, 0.15) is 39.5 Å². The number of rotatable bonds is 10. The van der Waals surface area contributed by atoms with Crippen molar-refractivity contribution in [3.63, 3.8) is 0 Å². The van der Waals surface area contributed by atoms with Crippen LogP contribution in [0.2, 0.25) is 10.0 Å². The number of hydrogen-bond acceptors (Lipinski definition) is 5. The number of amides is 2. The van der Waals surface area contributed by atoms with E-state index in [1.54, 1.807) is 43.3 Å². The molecule has 0 aliphatic carbocycles. The first-order valence-electron chi connectivity index (χ1n) is 14.4. The van der Waals surface area contributed by atoms with Crippen LogP contribution in [-0.2, 0) is 28.9 Å². The lowest BCUT2D eigenvalue weighted by atomic mass is 9.99. The van der Waals surface area contributed by atoms with E-state index >= 15 is 0 Å². The molecule has 244 valence electrons. The minimum atomic E-state index is -4.74. The normalized spacial score (nSPS) is 15.6. The van der Waals surface area contributed by atoms with E-state index in [9.17, 15) is 22.8 Å². The molecule has 12 heteroatoms. The Balaban J connectivity index is 1.39. The van der Waals surface area contributed by atoms with Gasteiger partial charge in [0.25, 0.3) is 5.91 Å². The van der Waals surface area contributed by atoms with Crippen molar-refractivity contribution in [2.24, 2.45) is 0 Å². The maximum atomic E-state index is 13.5. The second-order valence-electron chi connectivity index (χ2n) is 10.9. The molecule has 2 N–H and O–H groups in total. The SMILES string of the molecule is CN(C(=O)CNC(=O)c1ccccc1C(F)(F)F)C1=Cc2cc(OCc3ccccc3Cl)ccc2NC1(C)OCc1ccccc1Cl. The molecule has 1 unspecified atom stereocenters. The van der Waals surface area contributed by atoms with E-state index in [0.717, 1.165) is 23.3 Å². The zero-order valence-electron chi connectivity index (χ0n) is 25.3. The van der Waals surface area contributed by atoms with E-state index in [1.165, 1.54) is 24.1 Å². The monoisotopic (exact) mass is 683 g/mol. The zero-order chi connectivity index (χ0) is 33.8. The summed E-state index contributed by atoms with van der Waals surface area (Å²) in [5, 5.41) is 6.76. The Labute approximate surface area is 279 Å². The standard InChI is InChI=1S/C35H30Cl2F3N3O4/c1-34(47-21-23-10-4-8-14-29(23)37)31(43(2)32(44)19-41-33(45)26-11-5-6-12-27(26)35(38,39)40)18-24-17-25(15-16-30(24)42-34)46-20-22-9-3-7-13-28(22)36/h3-18,42H,19-21H2,1-2H3,(H,41,45). The predicted molar refractivity (Wildman–Crippen MR) is 175 cm³/mol. The van der Waals surface area contributed by atoms with Gasteiger partial charge in [0.1, 0.15) is 12.4 Å². The van der Waals surface area contributed by atoms with Crippen LogP contribution in [0.25, 0.3) is 6.08 Å². The average molecular weight is 685 g/mol. The maximum absolute atomic E-state index is 13.5. The Morgan fingerprint density at radius 2 is 1.51 bits per heavy atom. The van der Waals surface area contributed by atoms with Crippen LogP contribution in [0.4, 0.5) is 18.9 Å². The molecule has 47 heavy (non-hydrogen) atoms. The summed E-state index contributed by atoms with van der Waals surface area (Å²) < 4.78 is 52.8. The molecular formula is C35H30Cl2F3N3O4. The van der Waals surface area contributed by atoms with Crippen LogP contribution in [0.5, 0.6) is 5.75 Å². The summed E-state index contributed by atoms with van der Waals surface area (Å²) in [4.78, 5) is 27.5. The number of halogens is 5. The smallest absolute Gasteiger partial charge is 0.417 e. The van der Waals surface area contributed by atoms with Gasteiger partial charge >= 0.3 is 6.18 Å². The summed E-state index contributed by atoms with van der Waals surface area (Å²) in [6.45, 7) is 1.48. The molecule has 0 fully saturated rings. The number of benzene rings is 4. The molecule has 7 nitrogen and oxygen atoms in total. The predicted octanol–water partition coefficient (Wildman–Crippen LogP) is 8.18. The molecule has 1 heterocycles. The number of hydrogen-bond donors (Lipinski definition) is 2. The van der Waals surface area contributed by atoms with E-state index in [4.69, 9.17) is 32.7 Å². The molecule has 0 saturated carbocycles. The van der Waals surface area contributed by atoms with E-state index in [1.807, 2.05) is 36.4 Å². The molecule has 0 saturated heterocycles. The molecule has 4 aromatic rings. The Morgan fingerprint density at radius 1 is 0.894 bits per heavy atom. The van der Waals surface area contributed by atoms with Crippen molar-refractivity contribution < 1.29 is 32.2 Å². The molecule has 5 rings (SSSR count). The Kier molecular flexibility index (Phi) is 10.1. The molecule has 0 spiro atoms. The van der Waals surface area contributed by atoms with Gasteiger partial charge < -0.3 is 25.0 Å². The summed E-state index contributed by atoms with van der Waals surface area (Å²) in [7, 11) is 1.49. The van der Waals surface area contributed by atoms with Gasteiger partial charge in [-0.05, 0) is 61.0 Å². The molecule has 1 aliphatic heterocycles. The third-order valence-electron chi connectivity index (χ3n) is 7.62. The van der Waals surface area contributed by atoms with Crippen molar-refractivity contribution in [2.45, 2.75) is 32.0 Å². The topological polar surface area (TPSA) is 79.9 Å². The summed E-state index contributed by atoms with van der Waals surface area (Å²) in [5.41, 5.74) is 0.320. The van der Waals surface area contributed by atoms with Gasteiger partial charge in [-0.25, -0.2) is 0 Å². The number of fused-ring (bicyclic) bond motifs is 1. The number of anilines is 1. The lowest BCUT2D eigenvalue weighted by Gasteiger charge is -2.41. The largest absolute Gasteiger partial charge is 0.489 e. The van der Waals surface area contributed by atoms with Crippen molar-refractivity contribution >= 4 is 46.8 Å². The van der Waals surface area contributed by atoms with Gasteiger partial charge in [-0.3, -0.25) is 9.59 Å². The first-order valence-corrected chi connectivity index (χ1v) is 15.2. The van der Waals surface area contributed by atoms with Crippen LogP contribution in [0.3, 0.4) is 0 Å². The summed E-state index contributed by atoms with van der Waals surface area (Å²) >= 11 is 12.6. The van der Waals surface area contributed by atoms with Gasteiger partial charge in [0.2, 0.25) is 5.91 Å². The van der Waals surface area contributed by atoms with Gasteiger partial charge in [0, 0.05) is 33.9 Å². The number of likely N-dealkylation sites (N-methyl/N-ethyl adjacent to an activating group) is 1. The Morgan fingerprint density at radius 3 is 2.17 bits per heavy atom. The molecule has 2 amide bonds. The van der Waals surface area contributed by atoms with Crippen molar-refractivity contribution in [1.29, 1.82) is 0 Å². The van der Waals surface area contributed by atoms with Crippen LogP contribution in [-0.4, -0.2) is 36.0 Å². The number of alkyl halides is 3. The van der Waals surface area contributed by atoms with Crippen LogP contribution < -0.4 is 15.4 Å². The highest BCUT2D eigenvalue weighted by Gasteiger charge is 2.39. The molecule has 4 aromatic carbocycles. The number of carbonyl (C=O) groups excluding carboxylic acids is 2. The highest BCUT2D eigenvalue weighted by Crippen LogP contribution is 2.38. The second-order valence-corrected chi connectivity index (χ2v) is 11.7. The number of ether oxygens (including phenoxy) is 2. The number of nitrogens with zero attached hydrogens (tertiary/aromatic N) is 1. The first-order chi connectivity index (χ1) is 22.4. The Bertz CT molecular complexity index is 1830. The van der Waals surface area contributed by atoms with Crippen molar-refractivity contribution in [3.8, 4) is 5.75 Å². The second kappa shape index (κ2) is 14.1. The van der Waals surface area contributed by atoms with Crippen molar-refractivity contribution in [2.75, 3.05) is 18.9 Å². The lowest BCUT2D eigenvalue weighted by Crippen LogP contribution is -2.50. The highest BCUT2D eigenvalue weighted by atomic mass is 35.5. The third-order valence-corrected chi connectivity index (χ3v) is 8.35. The minimum absolute atomic E-state index is 0.0852. The molecular weight excluding hydrogens is 654 g/mol. The molecule has 1 aliphatic rings. The summed E-state index contributed by atoms with van der Waals surface area (Å²) in [5.74, 6) is -1.08. The zero-order valence-corrected chi connectivity index (χ0v) is 26.8. The van der Waals surface area contributed by atoms with Crippen LogP contribution in [0, 0.1) is 0 Å². The fourth-order valence-corrected chi connectivity index (χ4v) is 5.42. The summed E-state index contributed by atoms with van der Waals surface area (Å²) in [6, 6.07) is 24.3. The van der Waals surface area contributed by atoms with Crippen LogP contribution in [0.15, 0.2) is 96.7 Å². The maximum Gasteiger partial charge on any atom is 0.417 e. The van der Waals surface area contributed by atoms with E-state index in [-0.39, 0.29) is 13.2 Å². The van der Waals surface area contributed by atoms with E-state index < -0.39 is 41.4 Å². The van der Waals surface area contributed by atoms with Crippen LogP contribution >= 0.6 is 23.2 Å². The quantitative estimate of drug-likeness (QED) is 0.176. The molecule has 0 bridgehead atoms. The first kappa shape index (κ1) is 33.8. The van der Waals surface area contributed by atoms with Gasteiger partial charge in [0.15, 0.2) is 5.72 Å². The molecule has 1 atom stereocenters. The third kappa shape index (κ3) is 7.90. The number of carbonyl (C=O) groups is 2. The lowest BCUT2D eigenvalue weighted by molar-refractivity contribution is -0.137. The molecule has 0 radical (unpaired) electrons. The van der Waals surface area contributed by atoms with Gasteiger partial charge in [-0.2, -0.15) is 13.2 Å². The fraction of sp³-hybridized carbons (Fsp3) is 0.200. The Hall–Kier alpha value is -4.51. The minimum Gasteiger partial charge on any atom is -0.489 e. The average Bonchev–Trinajstić information content (AvgIpc) is 3.05. The van der Waals surface area contributed by atoms with Gasteiger partial charge in [-0.15, -0.1) is 0 Å². The summed E-state index contributed by atoms with van der Waals surface area (Å²) in [6.07, 6.45) is -2.99. The molecule has 0 aromatic heterocycles. The van der Waals surface area contributed by atoms with Crippen molar-refractivity contribution in [3.05, 3.63) is 135 Å². The highest BCUT2D eigenvalue weighted by molar-refractivity contribution is 6.31.